The number of halogens is 3. The number of pyridine rings is 1. The SMILES string of the molecule is CCCC(CC)c1ccccc1Oc1ncccc1Nc1nc(C(F)(F)F)c(-c2nnn(C)n2)s1. The van der Waals surface area contributed by atoms with Gasteiger partial charge in [0.2, 0.25) is 11.7 Å². The van der Waals surface area contributed by atoms with Gasteiger partial charge in [0.05, 0.1) is 7.05 Å². The number of aromatic nitrogens is 6. The van der Waals surface area contributed by atoms with E-state index in [1.54, 1.807) is 18.3 Å². The minimum atomic E-state index is -4.69. The highest BCUT2D eigenvalue weighted by atomic mass is 32.1. The third kappa shape index (κ3) is 5.59. The summed E-state index contributed by atoms with van der Waals surface area (Å²) in [4.78, 5) is 8.96. The number of tetrazole rings is 1. The second-order valence-electron chi connectivity index (χ2n) is 7.81. The Morgan fingerprint density at radius 3 is 2.63 bits per heavy atom. The molecule has 0 fully saturated rings. The minimum absolute atomic E-state index is 0.00308. The molecule has 1 aromatic carbocycles. The number of para-hydroxylation sites is 1. The Bertz CT molecular complexity index is 1290. The van der Waals surface area contributed by atoms with Crippen molar-refractivity contribution in [2.24, 2.45) is 7.05 Å². The molecule has 4 rings (SSSR count). The van der Waals surface area contributed by atoms with E-state index in [9.17, 15) is 13.2 Å². The number of benzene rings is 1. The summed E-state index contributed by atoms with van der Waals surface area (Å²) >= 11 is 0.777. The lowest BCUT2D eigenvalue weighted by atomic mass is 9.91. The summed E-state index contributed by atoms with van der Waals surface area (Å²) in [6, 6.07) is 11.1. The Kier molecular flexibility index (Phi) is 7.29. The molecule has 35 heavy (non-hydrogen) atoms. The minimum Gasteiger partial charge on any atom is -0.437 e. The smallest absolute Gasteiger partial charge is 0.435 e. The second kappa shape index (κ2) is 10.4. The van der Waals surface area contributed by atoms with Gasteiger partial charge >= 0.3 is 6.18 Å². The zero-order valence-electron chi connectivity index (χ0n) is 19.4. The Morgan fingerprint density at radius 2 is 1.94 bits per heavy atom. The van der Waals surface area contributed by atoms with Crippen LogP contribution in [0.15, 0.2) is 42.6 Å². The first kappa shape index (κ1) is 24.6. The summed E-state index contributed by atoms with van der Waals surface area (Å²) in [5.41, 5.74) is 0.366. The van der Waals surface area contributed by atoms with Crippen molar-refractivity contribution in [2.75, 3.05) is 5.32 Å². The third-order valence-corrected chi connectivity index (χ3v) is 6.28. The Morgan fingerprint density at radius 1 is 1.14 bits per heavy atom. The van der Waals surface area contributed by atoms with E-state index in [2.05, 4.69) is 44.5 Å². The van der Waals surface area contributed by atoms with E-state index in [-0.39, 0.29) is 21.7 Å². The lowest BCUT2D eigenvalue weighted by Crippen LogP contribution is -2.08. The fourth-order valence-electron chi connectivity index (χ4n) is 3.72. The summed E-state index contributed by atoms with van der Waals surface area (Å²) < 4.78 is 47.2. The molecule has 1 atom stereocenters. The molecule has 0 aliphatic carbocycles. The highest BCUT2D eigenvalue weighted by molar-refractivity contribution is 7.19. The van der Waals surface area contributed by atoms with E-state index in [4.69, 9.17) is 4.74 Å². The number of nitrogens with zero attached hydrogens (tertiary/aromatic N) is 6. The Labute approximate surface area is 204 Å². The molecule has 0 aliphatic rings. The highest BCUT2D eigenvalue weighted by Crippen LogP contribution is 2.42. The molecule has 0 spiro atoms. The average Bonchev–Trinajstić information content (AvgIpc) is 3.45. The molecule has 3 aromatic heterocycles. The summed E-state index contributed by atoms with van der Waals surface area (Å²) in [6.45, 7) is 4.27. The maximum absolute atomic E-state index is 13.7. The van der Waals surface area contributed by atoms with E-state index in [1.807, 2.05) is 24.3 Å². The molecule has 0 aliphatic heterocycles. The number of aryl methyl sites for hydroxylation is 1. The van der Waals surface area contributed by atoms with Gasteiger partial charge < -0.3 is 10.1 Å². The van der Waals surface area contributed by atoms with Gasteiger partial charge in [-0.25, -0.2) is 9.97 Å². The molecule has 12 heteroatoms. The van der Waals surface area contributed by atoms with Crippen LogP contribution >= 0.6 is 11.3 Å². The van der Waals surface area contributed by atoms with Gasteiger partial charge in [0.1, 0.15) is 16.3 Å². The van der Waals surface area contributed by atoms with Crippen LogP contribution in [-0.4, -0.2) is 30.2 Å². The predicted molar refractivity (Wildman–Crippen MR) is 127 cm³/mol. The molecule has 184 valence electrons. The van der Waals surface area contributed by atoms with E-state index in [1.165, 1.54) is 7.05 Å². The second-order valence-corrected chi connectivity index (χ2v) is 8.81. The lowest BCUT2D eigenvalue weighted by Gasteiger charge is -2.19. The number of ether oxygens (including phenoxy) is 1. The van der Waals surface area contributed by atoms with E-state index < -0.39 is 11.9 Å². The van der Waals surface area contributed by atoms with Gasteiger partial charge in [0.15, 0.2) is 10.8 Å². The first-order valence-corrected chi connectivity index (χ1v) is 11.9. The monoisotopic (exact) mass is 503 g/mol. The zero-order chi connectivity index (χ0) is 25.0. The Balaban J connectivity index is 1.66. The van der Waals surface area contributed by atoms with Crippen molar-refractivity contribution >= 4 is 22.2 Å². The van der Waals surface area contributed by atoms with Gasteiger partial charge in [-0.2, -0.15) is 18.0 Å². The van der Waals surface area contributed by atoms with Crippen molar-refractivity contribution in [3.05, 3.63) is 53.9 Å². The van der Waals surface area contributed by atoms with Crippen LogP contribution in [0.2, 0.25) is 0 Å². The van der Waals surface area contributed by atoms with E-state index >= 15 is 0 Å². The third-order valence-electron chi connectivity index (χ3n) is 5.32. The highest BCUT2D eigenvalue weighted by Gasteiger charge is 2.39. The molecule has 8 nitrogen and oxygen atoms in total. The molecule has 0 bridgehead atoms. The standard InChI is InChI=1S/C23H24F3N7OS/c1-4-9-14(5-2)15-10-6-7-12-17(15)34-21-16(11-8-13-27-21)28-22-29-19(23(24,25)26)18(35-22)20-30-32-33(3)31-20/h6-8,10-14H,4-5,9H2,1-3H3,(H,28,29). The van der Waals surface area contributed by atoms with Gasteiger partial charge in [-0.15, -0.1) is 10.2 Å². The van der Waals surface area contributed by atoms with Crippen LogP contribution in [0.3, 0.4) is 0 Å². The zero-order valence-corrected chi connectivity index (χ0v) is 20.2. The molecule has 0 saturated heterocycles. The number of nitrogens with one attached hydrogen (secondary N) is 1. The number of anilines is 2. The summed E-state index contributed by atoms with van der Waals surface area (Å²) in [7, 11) is 1.48. The van der Waals surface area contributed by atoms with Crippen molar-refractivity contribution < 1.29 is 17.9 Å². The largest absolute Gasteiger partial charge is 0.437 e. The molecule has 1 N–H and O–H groups in total. The number of hydrogen-bond donors (Lipinski definition) is 1. The van der Waals surface area contributed by atoms with Crippen LogP contribution in [0.1, 0.15) is 50.3 Å². The summed E-state index contributed by atoms with van der Waals surface area (Å²) in [6.07, 6.45) is -0.114. The van der Waals surface area contributed by atoms with Crippen LogP contribution in [0, 0.1) is 0 Å². The summed E-state index contributed by atoms with van der Waals surface area (Å²) in [5, 5.41) is 14.2. The predicted octanol–water partition coefficient (Wildman–Crippen LogP) is 6.58. The maximum atomic E-state index is 13.7. The molecular weight excluding hydrogens is 479 g/mol. The van der Waals surface area contributed by atoms with Crippen molar-refractivity contribution in [3.63, 3.8) is 0 Å². The van der Waals surface area contributed by atoms with Gasteiger partial charge in [0, 0.05) is 6.20 Å². The van der Waals surface area contributed by atoms with Crippen molar-refractivity contribution in [1.82, 2.24) is 30.2 Å². The fraction of sp³-hybridized carbons (Fsp3) is 0.348. The molecule has 3 heterocycles. The molecular formula is C23H24F3N7OS. The number of rotatable bonds is 9. The van der Waals surface area contributed by atoms with Crippen LogP contribution in [0.25, 0.3) is 10.7 Å². The Hall–Kier alpha value is -3.54. The van der Waals surface area contributed by atoms with Gasteiger partial charge in [-0.3, -0.25) is 0 Å². The van der Waals surface area contributed by atoms with Crippen LogP contribution in [0.5, 0.6) is 11.6 Å². The maximum Gasteiger partial charge on any atom is 0.435 e. The van der Waals surface area contributed by atoms with Crippen LogP contribution in [-0.2, 0) is 13.2 Å². The molecule has 4 aromatic rings. The molecule has 0 radical (unpaired) electrons. The van der Waals surface area contributed by atoms with Gasteiger partial charge in [0.25, 0.3) is 0 Å². The first-order valence-electron chi connectivity index (χ1n) is 11.1. The van der Waals surface area contributed by atoms with Crippen LogP contribution in [0.4, 0.5) is 24.0 Å². The first-order chi connectivity index (χ1) is 16.8. The average molecular weight is 504 g/mol. The number of hydrogen-bond acceptors (Lipinski definition) is 8. The molecule has 0 saturated carbocycles. The van der Waals surface area contributed by atoms with Crippen molar-refractivity contribution in [2.45, 2.75) is 45.2 Å². The summed E-state index contributed by atoms with van der Waals surface area (Å²) in [5.74, 6) is 1.07. The van der Waals surface area contributed by atoms with Gasteiger partial charge in [-0.1, -0.05) is 49.8 Å². The molecule has 1 unspecified atom stereocenters. The number of thiazole rings is 1. The quantitative estimate of drug-likeness (QED) is 0.276. The molecule has 0 amide bonds. The van der Waals surface area contributed by atoms with Gasteiger partial charge in [-0.05, 0) is 47.7 Å². The fourth-order valence-corrected chi connectivity index (χ4v) is 4.64. The number of alkyl halides is 3. The topological polar surface area (TPSA) is 90.6 Å². The normalized spacial score (nSPS) is 12.5. The van der Waals surface area contributed by atoms with E-state index in [0.717, 1.165) is 41.0 Å². The lowest BCUT2D eigenvalue weighted by molar-refractivity contribution is -0.140. The van der Waals surface area contributed by atoms with Crippen molar-refractivity contribution in [3.8, 4) is 22.3 Å². The van der Waals surface area contributed by atoms with Crippen LogP contribution < -0.4 is 10.1 Å². The van der Waals surface area contributed by atoms with Crippen molar-refractivity contribution in [1.29, 1.82) is 0 Å². The van der Waals surface area contributed by atoms with E-state index in [0.29, 0.717) is 17.4 Å².